The summed E-state index contributed by atoms with van der Waals surface area (Å²) in [4.78, 5) is 2.27. The number of aryl methyl sites for hydroxylation is 2. The highest BCUT2D eigenvalue weighted by molar-refractivity contribution is 5.64. The van der Waals surface area contributed by atoms with Crippen LogP contribution in [0.1, 0.15) is 11.1 Å². The highest BCUT2D eigenvalue weighted by atomic mass is 15.3. The van der Waals surface area contributed by atoms with Crippen LogP contribution in [0.5, 0.6) is 0 Å². The molecule has 0 unspecified atom stereocenters. The molecule has 1 fully saturated rings. The lowest BCUT2D eigenvalue weighted by Gasteiger charge is -2.27. The largest absolute Gasteiger partial charge is 0.353 e. The number of aromatic nitrogens is 2. The molecule has 0 aliphatic carbocycles. The first-order chi connectivity index (χ1) is 9.74. The molecule has 104 valence electrons. The molecule has 0 radical (unpaired) electrons. The topological polar surface area (TPSA) is 41.0 Å². The summed E-state index contributed by atoms with van der Waals surface area (Å²) in [7, 11) is 0. The van der Waals surface area contributed by atoms with Crippen molar-refractivity contribution in [3.05, 3.63) is 41.5 Å². The number of nitrogens with one attached hydrogen (secondary N) is 1. The molecule has 20 heavy (non-hydrogen) atoms. The monoisotopic (exact) mass is 268 g/mol. The molecule has 1 saturated heterocycles. The molecule has 0 amide bonds. The summed E-state index contributed by atoms with van der Waals surface area (Å²) in [5.41, 5.74) is 4.60. The summed E-state index contributed by atoms with van der Waals surface area (Å²) < 4.78 is 0. The van der Waals surface area contributed by atoms with Crippen LogP contribution in [-0.2, 0) is 0 Å². The first kappa shape index (κ1) is 13.1. The first-order valence-electron chi connectivity index (χ1n) is 7.11. The lowest BCUT2D eigenvalue weighted by molar-refractivity contribution is 0.583. The number of anilines is 1. The zero-order valence-corrected chi connectivity index (χ0v) is 12.1. The molecule has 0 saturated carbocycles. The summed E-state index contributed by atoms with van der Waals surface area (Å²) in [5, 5.41) is 12.2. The van der Waals surface area contributed by atoms with Gasteiger partial charge in [-0.1, -0.05) is 17.7 Å². The minimum Gasteiger partial charge on any atom is -0.353 e. The second-order valence-corrected chi connectivity index (χ2v) is 5.33. The van der Waals surface area contributed by atoms with Gasteiger partial charge < -0.3 is 10.2 Å². The van der Waals surface area contributed by atoms with Crippen molar-refractivity contribution in [3.8, 4) is 11.3 Å². The summed E-state index contributed by atoms with van der Waals surface area (Å²) in [6.45, 7) is 8.24. The molecule has 1 aliphatic heterocycles. The van der Waals surface area contributed by atoms with Gasteiger partial charge in [-0.25, -0.2) is 0 Å². The van der Waals surface area contributed by atoms with Crippen molar-refractivity contribution in [1.82, 2.24) is 15.5 Å². The highest BCUT2D eigenvalue weighted by Gasteiger charge is 2.12. The maximum absolute atomic E-state index is 4.41. The van der Waals surface area contributed by atoms with E-state index in [2.05, 4.69) is 64.6 Å². The van der Waals surface area contributed by atoms with Crippen LogP contribution in [0.2, 0.25) is 0 Å². The van der Waals surface area contributed by atoms with Crippen molar-refractivity contribution in [2.24, 2.45) is 0 Å². The molecular weight excluding hydrogens is 248 g/mol. The predicted octanol–water partition coefficient (Wildman–Crippen LogP) is 2.17. The van der Waals surface area contributed by atoms with Gasteiger partial charge in [-0.15, -0.1) is 10.2 Å². The lowest BCUT2D eigenvalue weighted by atomic mass is 10.0. The van der Waals surface area contributed by atoms with Crippen molar-refractivity contribution in [3.63, 3.8) is 0 Å². The fourth-order valence-electron chi connectivity index (χ4n) is 2.54. The van der Waals surface area contributed by atoms with E-state index < -0.39 is 0 Å². The summed E-state index contributed by atoms with van der Waals surface area (Å²) in [6.07, 6.45) is 0. The molecule has 1 N–H and O–H groups in total. The van der Waals surface area contributed by atoms with Crippen molar-refractivity contribution in [1.29, 1.82) is 0 Å². The zero-order chi connectivity index (χ0) is 13.9. The Labute approximate surface area is 119 Å². The maximum atomic E-state index is 4.41. The van der Waals surface area contributed by atoms with Gasteiger partial charge in [0.25, 0.3) is 0 Å². The molecule has 1 aliphatic rings. The molecule has 0 spiro atoms. The van der Waals surface area contributed by atoms with E-state index in [1.54, 1.807) is 0 Å². The van der Waals surface area contributed by atoms with Crippen LogP contribution < -0.4 is 10.2 Å². The van der Waals surface area contributed by atoms with Gasteiger partial charge in [0, 0.05) is 31.7 Å². The van der Waals surface area contributed by atoms with E-state index in [0.717, 1.165) is 37.7 Å². The second-order valence-electron chi connectivity index (χ2n) is 5.33. The molecule has 1 aromatic carbocycles. The van der Waals surface area contributed by atoms with Gasteiger partial charge >= 0.3 is 0 Å². The van der Waals surface area contributed by atoms with E-state index in [9.17, 15) is 0 Å². The van der Waals surface area contributed by atoms with Gasteiger partial charge in [0.1, 0.15) is 0 Å². The molecule has 0 bridgehead atoms. The predicted molar refractivity (Wildman–Crippen MR) is 82.0 cm³/mol. The van der Waals surface area contributed by atoms with Gasteiger partial charge in [-0.3, -0.25) is 0 Å². The highest BCUT2D eigenvalue weighted by Crippen LogP contribution is 2.23. The average Bonchev–Trinajstić information content (AvgIpc) is 2.51. The van der Waals surface area contributed by atoms with Crippen molar-refractivity contribution < 1.29 is 0 Å². The Bertz CT molecular complexity index is 586. The number of rotatable bonds is 2. The molecule has 0 atom stereocenters. The van der Waals surface area contributed by atoms with Crippen LogP contribution in [0.15, 0.2) is 30.3 Å². The quantitative estimate of drug-likeness (QED) is 0.906. The Hall–Kier alpha value is -1.94. The van der Waals surface area contributed by atoms with Gasteiger partial charge in [-0.2, -0.15) is 0 Å². The third-order valence-electron chi connectivity index (χ3n) is 3.76. The summed E-state index contributed by atoms with van der Waals surface area (Å²) in [5.74, 6) is 0.973. The van der Waals surface area contributed by atoms with Crippen LogP contribution in [0.4, 0.5) is 5.82 Å². The van der Waals surface area contributed by atoms with Crippen LogP contribution in [0.25, 0.3) is 11.3 Å². The standard InChI is InChI=1S/C16H20N4/c1-12-3-4-13(2)14(11-12)15-5-6-16(19-18-15)20-9-7-17-8-10-20/h3-6,11,17H,7-10H2,1-2H3. The van der Waals surface area contributed by atoms with Crippen molar-refractivity contribution in [2.45, 2.75) is 13.8 Å². The summed E-state index contributed by atoms with van der Waals surface area (Å²) >= 11 is 0. The number of benzene rings is 1. The van der Waals surface area contributed by atoms with Crippen molar-refractivity contribution >= 4 is 5.82 Å². The molecule has 1 aromatic heterocycles. The Morgan fingerprint density at radius 2 is 1.80 bits per heavy atom. The van der Waals surface area contributed by atoms with Gasteiger partial charge in [-0.05, 0) is 37.6 Å². The molecule has 3 rings (SSSR count). The Kier molecular flexibility index (Phi) is 3.65. The average molecular weight is 268 g/mol. The van der Waals surface area contributed by atoms with E-state index in [0.29, 0.717) is 0 Å². The van der Waals surface area contributed by atoms with E-state index in [1.807, 2.05) is 0 Å². The molecule has 2 heterocycles. The fourth-order valence-corrected chi connectivity index (χ4v) is 2.54. The van der Waals surface area contributed by atoms with E-state index in [1.165, 1.54) is 16.7 Å². The molecule has 2 aromatic rings. The van der Waals surface area contributed by atoms with Crippen LogP contribution >= 0.6 is 0 Å². The SMILES string of the molecule is Cc1ccc(C)c(-c2ccc(N3CCNCC3)nn2)c1. The second kappa shape index (κ2) is 5.59. The zero-order valence-electron chi connectivity index (χ0n) is 12.1. The van der Waals surface area contributed by atoms with Crippen LogP contribution in [-0.4, -0.2) is 36.4 Å². The molecule has 4 heteroatoms. The smallest absolute Gasteiger partial charge is 0.151 e. The number of hydrogen-bond donors (Lipinski definition) is 1. The van der Waals surface area contributed by atoms with Crippen LogP contribution in [0.3, 0.4) is 0 Å². The molecular formula is C16H20N4. The number of piperazine rings is 1. The Morgan fingerprint density at radius 1 is 1.00 bits per heavy atom. The van der Waals surface area contributed by atoms with Gasteiger partial charge in [0.05, 0.1) is 5.69 Å². The van der Waals surface area contributed by atoms with E-state index in [-0.39, 0.29) is 0 Å². The lowest BCUT2D eigenvalue weighted by Crippen LogP contribution is -2.43. The molecule has 4 nitrogen and oxygen atoms in total. The fraction of sp³-hybridized carbons (Fsp3) is 0.375. The van der Waals surface area contributed by atoms with E-state index >= 15 is 0 Å². The first-order valence-corrected chi connectivity index (χ1v) is 7.11. The summed E-state index contributed by atoms with van der Waals surface area (Å²) in [6, 6.07) is 10.6. The van der Waals surface area contributed by atoms with Gasteiger partial charge in [0.2, 0.25) is 0 Å². The number of nitrogens with zero attached hydrogens (tertiary/aromatic N) is 3. The number of hydrogen-bond acceptors (Lipinski definition) is 4. The van der Waals surface area contributed by atoms with E-state index in [4.69, 9.17) is 0 Å². The third-order valence-corrected chi connectivity index (χ3v) is 3.76. The van der Waals surface area contributed by atoms with Gasteiger partial charge in [0.15, 0.2) is 5.82 Å². The third kappa shape index (κ3) is 2.65. The minimum absolute atomic E-state index is 0.949. The maximum Gasteiger partial charge on any atom is 0.151 e. The Morgan fingerprint density at radius 3 is 2.50 bits per heavy atom. The normalized spacial score (nSPS) is 15.4. The Balaban J connectivity index is 1.87. The van der Waals surface area contributed by atoms with Crippen LogP contribution in [0, 0.1) is 13.8 Å². The minimum atomic E-state index is 0.949. The van der Waals surface area contributed by atoms with Crippen molar-refractivity contribution in [2.75, 3.05) is 31.1 Å².